The molecule has 134 valence electrons. The number of nitrogens with one attached hydrogen (secondary N) is 2. The quantitative estimate of drug-likeness (QED) is 0.775. The maximum absolute atomic E-state index is 13.3. The van der Waals surface area contributed by atoms with Gasteiger partial charge in [0.15, 0.2) is 11.6 Å². The highest BCUT2D eigenvalue weighted by molar-refractivity contribution is 5.97. The Morgan fingerprint density at radius 3 is 2.56 bits per heavy atom. The summed E-state index contributed by atoms with van der Waals surface area (Å²) in [6, 6.07) is 3.85. The summed E-state index contributed by atoms with van der Waals surface area (Å²) in [5.41, 5.74) is -0.0550. The van der Waals surface area contributed by atoms with Crippen molar-refractivity contribution in [2.75, 3.05) is 6.54 Å². The Kier molecular flexibility index (Phi) is 6.87. The van der Waals surface area contributed by atoms with E-state index in [0.717, 1.165) is 37.8 Å². The third-order valence-electron chi connectivity index (χ3n) is 4.44. The van der Waals surface area contributed by atoms with E-state index in [1.165, 1.54) is 12.5 Å². The van der Waals surface area contributed by atoms with Gasteiger partial charge in [0, 0.05) is 5.56 Å². The van der Waals surface area contributed by atoms with Gasteiger partial charge in [-0.1, -0.05) is 32.1 Å². The minimum absolute atomic E-state index is 0.0550. The zero-order chi connectivity index (χ0) is 18.2. The zero-order valence-electron chi connectivity index (χ0n) is 13.9. The number of carbonyl (C=O) groups excluding carboxylic acids is 2. The molecular weight excluding hydrogens is 328 g/mol. The number of rotatable bonds is 6. The van der Waals surface area contributed by atoms with Gasteiger partial charge >= 0.3 is 0 Å². The second kappa shape index (κ2) is 9.11. The molecular formula is C18H21F2N3O2. The van der Waals surface area contributed by atoms with E-state index in [1.54, 1.807) is 0 Å². The molecule has 1 saturated carbocycles. The van der Waals surface area contributed by atoms with Crippen LogP contribution in [0.4, 0.5) is 8.78 Å². The first-order chi connectivity index (χ1) is 12.0. The fourth-order valence-electron chi connectivity index (χ4n) is 3.12. The first-order valence-corrected chi connectivity index (χ1v) is 8.42. The summed E-state index contributed by atoms with van der Waals surface area (Å²) in [4.78, 5) is 24.5. The van der Waals surface area contributed by atoms with Gasteiger partial charge in [-0.05, 0) is 30.5 Å². The van der Waals surface area contributed by atoms with Gasteiger partial charge in [0.25, 0.3) is 5.91 Å². The molecule has 5 nitrogen and oxygen atoms in total. The van der Waals surface area contributed by atoms with Gasteiger partial charge in [0.1, 0.15) is 12.6 Å². The molecule has 2 rings (SSSR count). The van der Waals surface area contributed by atoms with Crippen LogP contribution in [0.15, 0.2) is 18.2 Å². The number of hydrogen-bond acceptors (Lipinski definition) is 3. The van der Waals surface area contributed by atoms with E-state index in [2.05, 4.69) is 10.6 Å². The highest BCUT2D eigenvalue weighted by Crippen LogP contribution is 2.27. The Hall–Kier alpha value is -2.49. The maximum Gasteiger partial charge on any atom is 0.252 e. The van der Waals surface area contributed by atoms with E-state index in [0.29, 0.717) is 12.3 Å². The molecule has 1 aliphatic carbocycles. The van der Waals surface area contributed by atoms with Crippen LogP contribution in [0.3, 0.4) is 0 Å². The lowest BCUT2D eigenvalue weighted by molar-refractivity contribution is -0.123. The van der Waals surface area contributed by atoms with Gasteiger partial charge in [0.05, 0.1) is 6.07 Å². The van der Waals surface area contributed by atoms with Gasteiger partial charge in [0.2, 0.25) is 5.91 Å². The van der Waals surface area contributed by atoms with Crippen LogP contribution >= 0.6 is 0 Å². The molecule has 0 unspecified atom stereocenters. The molecule has 0 saturated heterocycles. The van der Waals surface area contributed by atoms with Crippen LogP contribution in [0.5, 0.6) is 0 Å². The second-order valence-corrected chi connectivity index (χ2v) is 6.27. The van der Waals surface area contributed by atoms with Crippen molar-refractivity contribution in [1.29, 1.82) is 5.26 Å². The molecule has 1 aromatic rings. The van der Waals surface area contributed by atoms with Crippen molar-refractivity contribution in [1.82, 2.24) is 10.6 Å². The van der Waals surface area contributed by atoms with Gasteiger partial charge in [-0.3, -0.25) is 9.59 Å². The van der Waals surface area contributed by atoms with Gasteiger partial charge < -0.3 is 10.6 Å². The Bertz CT molecular complexity index is 667. The lowest BCUT2D eigenvalue weighted by Crippen LogP contribution is -2.48. The van der Waals surface area contributed by atoms with E-state index in [4.69, 9.17) is 5.26 Å². The Balaban J connectivity index is 2.07. The number of hydrogen-bond donors (Lipinski definition) is 2. The van der Waals surface area contributed by atoms with Crippen molar-refractivity contribution in [2.24, 2.45) is 5.92 Å². The molecule has 1 aliphatic rings. The molecule has 25 heavy (non-hydrogen) atoms. The van der Waals surface area contributed by atoms with E-state index < -0.39 is 29.5 Å². The summed E-state index contributed by atoms with van der Waals surface area (Å²) in [6.45, 7) is -0.152. The summed E-state index contributed by atoms with van der Waals surface area (Å²) in [7, 11) is 0. The highest BCUT2D eigenvalue weighted by atomic mass is 19.2. The van der Waals surface area contributed by atoms with Crippen molar-refractivity contribution >= 4 is 11.8 Å². The first-order valence-electron chi connectivity index (χ1n) is 8.42. The fraction of sp³-hybridized carbons (Fsp3) is 0.500. The normalized spacial score (nSPS) is 15.9. The van der Waals surface area contributed by atoms with Gasteiger partial charge in [-0.15, -0.1) is 0 Å². The third kappa shape index (κ3) is 5.52. The van der Waals surface area contributed by atoms with Crippen LogP contribution in [0.1, 0.15) is 48.9 Å². The van der Waals surface area contributed by atoms with Crippen LogP contribution in [0, 0.1) is 28.9 Å². The van der Waals surface area contributed by atoms with Crippen molar-refractivity contribution in [3.05, 3.63) is 35.4 Å². The van der Waals surface area contributed by atoms with E-state index >= 15 is 0 Å². The summed E-state index contributed by atoms with van der Waals surface area (Å²) < 4.78 is 26.3. The SMILES string of the molecule is N#CCNC(=O)[C@H](CC1CCCCC1)NC(=O)c1ccc(F)c(F)c1. The van der Waals surface area contributed by atoms with E-state index in [1.807, 2.05) is 6.07 Å². The predicted molar refractivity (Wildman–Crippen MR) is 87.4 cm³/mol. The predicted octanol–water partition coefficient (Wildman–Crippen LogP) is 2.67. The van der Waals surface area contributed by atoms with Crippen molar-refractivity contribution < 1.29 is 18.4 Å². The van der Waals surface area contributed by atoms with E-state index in [9.17, 15) is 18.4 Å². The van der Waals surface area contributed by atoms with Crippen molar-refractivity contribution in [2.45, 2.75) is 44.6 Å². The van der Waals surface area contributed by atoms with Crippen molar-refractivity contribution in [3.63, 3.8) is 0 Å². The van der Waals surface area contributed by atoms with Crippen LogP contribution in [0.25, 0.3) is 0 Å². The molecule has 0 radical (unpaired) electrons. The Morgan fingerprint density at radius 1 is 1.20 bits per heavy atom. The number of carbonyl (C=O) groups is 2. The summed E-state index contributed by atoms with van der Waals surface area (Å²) >= 11 is 0. The fourth-order valence-corrected chi connectivity index (χ4v) is 3.12. The summed E-state index contributed by atoms with van der Waals surface area (Å²) in [5, 5.41) is 13.6. The largest absolute Gasteiger partial charge is 0.341 e. The van der Waals surface area contributed by atoms with E-state index in [-0.39, 0.29) is 12.1 Å². The molecule has 0 aromatic heterocycles. The molecule has 1 fully saturated rings. The van der Waals surface area contributed by atoms with Gasteiger partial charge in [-0.25, -0.2) is 8.78 Å². The highest BCUT2D eigenvalue weighted by Gasteiger charge is 2.26. The average Bonchev–Trinajstić information content (AvgIpc) is 2.62. The molecule has 7 heteroatoms. The monoisotopic (exact) mass is 349 g/mol. The standard InChI is InChI=1S/C18H21F2N3O2/c19-14-7-6-13(11-15(14)20)17(24)23-16(18(25)22-9-8-21)10-12-4-2-1-3-5-12/h6-7,11-12,16H,1-5,9-10H2,(H,22,25)(H,23,24)/t16-/m0/s1. The minimum Gasteiger partial charge on any atom is -0.341 e. The molecule has 2 amide bonds. The smallest absolute Gasteiger partial charge is 0.252 e. The van der Waals surface area contributed by atoms with Crippen LogP contribution in [0.2, 0.25) is 0 Å². The third-order valence-corrected chi connectivity index (χ3v) is 4.44. The zero-order valence-corrected chi connectivity index (χ0v) is 13.9. The van der Waals surface area contributed by atoms with Crippen LogP contribution < -0.4 is 10.6 Å². The minimum atomic E-state index is -1.12. The number of nitriles is 1. The molecule has 0 spiro atoms. The number of nitrogens with zero attached hydrogens (tertiary/aromatic N) is 1. The molecule has 0 aliphatic heterocycles. The molecule has 1 aromatic carbocycles. The topological polar surface area (TPSA) is 82.0 Å². The first kappa shape index (κ1) is 18.8. The lowest BCUT2D eigenvalue weighted by atomic mass is 9.84. The number of benzene rings is 1. The summed E-state index contributed by atoms with van der Waals surface area (Å²) in [6.07, 6.45) is 5.80. The van der Waals surface area contributed by atoms with Crippen LogP contribution in [-0.2, 0) is 4.79 Å². The van der Waals surface area contributed by atoms with Crippen LogP contribution in [-0.4, -0.2) is 24.4 Å². The molecule has 0 bridgehead atoms. The number of halogens is 2. The maximum atomic E-state index is 13.3. The Labute approximate surface area is 145 Å². The Morgan fingerprint density at radius 2 is 1.92 bits per heavy atom. The summed E-state index contributed by atoms with van der Waals surface area (Å²) in [5.74, 6) is -2.93. The molecule has 1 atom stereocenters. The molecule has 2 N–H and O–H groups in total. The van der Waals surface area contributed by atoms with Gasteiger partial charge in [-0.2, -0.15) is 5.26 Å². The number of amides is 2. The van der Waals surface area contributed by atoms with Crippen molar-refractivity contribution in [3.8, 4) is 6.07 Å². The lowest BCUT2D eigenvalue weighted by Gasteiger charge is -2.26. The second-order valence-electron chi connectivity index (χ2n) is 6.27. The average molecular weight is 349 g/mol. The molecule has 0 heterocycles.